The first-order valence-corrected chi connectivity index (χ1v) is 9.91. The number of likely N-dealkylation sites (tertiary alicyclic amines) is 1. The van der Waals surface area contributed by atoms with E-state index in [-0.39, 0.29) is 23.8 Å². The number of pyridine rings is 1. The highest BCUT2D eigenvalue weighted by Gasteiger charge is 2.47. The number of amides is 2. The number of rotatable bonds is 4. The van der Waals surface area contributed by atoms with Crippen molar-refractivity contribution in [3.05, 3.63) is 59.9 Å². The van der Waals surface area contributed by atoms with E-state index in [0.29, 0.717) is 23.2 Å². The Balaban J connectivity index is 1.56. The molecule has 1 saturated carbocycles. The zero-order valence-electron chi connectivity index (χ0n) is 16.0. The molecule has 1 saturated heterocycles. The fourth-order valence-electron chi connectivity index (χ4n) is 4.55. The summed E-state index contributed by atoms with van der Waals surface area (Å²) in [7, 11) is 0. The van der Waals surface area contributed by atoms with Crippen molar-refractivity contribution < 1.29 is 19.5 Å². The van der Waals surface area contributed by atoms with E-state index in [1.54, 1.807) is 47.5 Å². The third-order valence-corrected chi connectivity index (χ3v) is 5.90. The highest BCUT2D eigenvalue weighted by Crippen LogP contribution is 2.40. The van der Waals surface area contributed by atoms with Gasteiger partial charge in [-0.3, -0.25) is 14.6 Å². The van der Waals surface area contributed by atoms with Crippen molar-refractivity contribution in [3.63, 3.8) is 0 Å². The number of carbonyl (C=O) groups excluding carboxylic acids is 2. The molecule has 2 aromatic rings. The van der Waals surface area contributed by atoms with E-state index >= 15 is 0 Å². The fraction of sp³-hybridized carbons (Fsp3) is 0.364. The highest BCUT2D eigenvalue weighted by atomic mass is 16.4. The van der Waals surface area contributed by atoms with Crippen LogP contribution in [-0.2, 0) is 4.79 Å². The van der Waals surface area contributed by atoms with Crippen LogP contribution >= 0.6 is 0 Å². The van der Waals surface area contributed by atoms with Crippen LogP contribution in [0.2, 0.25) is 0 Å². The summed E-state index contributed by atoms with van der Waals surface area (Å²) in [6.07, 6.45) is 7.49. The second-order valence-electron chi connectivity index (χ2n) is 7.69. The molecule has 3 unspecified atom stereocenters. The molecule has 2 N–H and O–H groups in total. The monoisotopic (exact) mass is 393 g/mol. The lowest BCUT2D eigenvalue weighted by Gasteiger charge is -2.33. The summed E-state index contributed by atoms with van der Waals surface area (Å²) >= 11 is 0. The van der Waals surface area contributed by atoms with Crippen molar-refractivity contribution in [2.75, 3.05) is 5.32 Å². The van der Waals surface area contributed by atoms with E-state index in [0.717, 1.165) is 25.7 Å². The maximum atomic E-state index is 13.3. The van der Waals surface area contributed by atoms with Crippen molar-refractivity contribution in [1.29, 1.82) is 0 Å². The number of carboxylic acid groups (broad SMARTS) is 1. The molecule has 1 aromatic heterocycles. The summed E-state index contributed by atoms with van der Waals surface area (Å²) in [5.74, 6) is -1.31. The average Bonchev–Trinajstić information content (AvgIpc) is 3.14. The molecule has 2 amide bonds. The van der Waals surface area contributed by atoms with Gasteiger partial charge in [-0.2, -0.15) is 0 Å². The first-order chi connectivity index (χ1) is 14.0. The van der Waals surface area contributed by atoms with E-state index in [2.05, 4.69) is 10.3 Å². The van der Waals surface area contributed by atoms with E-state index < -0.39 is 12.0 Å². The quantitative estimate of drug-likeness (QED) is 0.831. The van der Waals surface area contributed by atoms with Crippen LogP contribution in [-0.4, -0.2) is 44.9 Å². The van der Waals surface area contributed by atoms with Gasteiger partial charge in [0.25, 0.3) is 11.8 Å². The molecule has 1 aliphatic carbocycles. The van der Waals surface area contributed by atoms with Crippen LogP contribution < -0.4 is 5.32 Å². The molecule has 7 heteroatoms. The molecule has 0 bridgehead atoms. The Morgan fingerprint density at radius 1 is 1.07 bits per heavy atom. The Kier molecular flexibility index (Phi) is 5.29. The number of hydrogen-bond acceptors (Lipinski definition) is 4. The molecule has 1 aliphatic heterocycles. The van der Waals surface area contributed by atoms with Crippen LogP contribution in [0.5, 0.6) is 0 Å². The third-order valence-electron chi connectivity index (χ3n) is 5.90. The van der Waals surface area contributed by atoms with E-state index in [9.17, 15) is 19.5 Å². The number of aromatic nitrogens is 1. The third kappa shape index (κ3) is 3.85. The molecule has 2 heterocycles. The summed E-state index contributed by atoms with van der Waals surface area (Å²) in [5, 5.41) is 12.4. The molecule has 0 spiro atoms. The molecule has 1 aromatic carbocycles. The maximum absolute atomic E-state index is 13.3. The molecular formula is C22H23N3O4. The number of carboxylic acids is 1. The number of fused-ring (bicyclic) bond motifs is 1. The fourth-order valence-corrected chi connectivity index (χ4v) is 4.55. The summed E-state index contributed by atoms with van der Waals surface area (Å²) in [5.41, 5.74) is 1.28. The summed E-state index contributed by atoms with van der Waals surface area (Å²) in [6.45, 7) is 0. The van der Waals surface area contributed by atoms with E-state index in [1.807, 2.05) is 0 Å². The van der Waals surface area contributed by atoms with Crippen molar-refractivity contribution in [1.82, 2.24) is 9.88 Å². The number of hydrogen-bond donors (Lipinski definition) is 2. The van der Waals surface area contributed by atoms with Gasteiger partial charge in [-0.05, 0) is 55.5 Å². The van der Waals surface area contributed by atoms with Gasteiger partial charge in [0.2, 0.25) is 0 Å². The molecule has 29 heavy (non-hydrogen) atoms. The molecule has 3 atom stereocenters. The van der Waals surface area contributed by atoms with Gasteiger partial charge in [0.1, 0.15) is 6.04 Å². The minimum Gasteiger partial charge on any atom is -0.480 e. The molecule has 0 radical (unpaired) electrons. The van der Waals surface area contributed by atoms with Crippen molar-refractivity contribution in [2.45, 2.75) is 44.2 Å². The Labute approximate surface area is 168 Å². The van der Waals surface area contributed by atoms with Crippen LogP contribution in [0.25, 0.3) is 0 Å². The molecule has 4 rings (SSSR count). The van der Waals surface area contributed by atoms with Crippen molar-refractivity contribution in [3.8, 4) is 0 Å². The number of aliphatic carboxylic acids is 1. The molecule has 7 nitrogen and oxygen atoms in total. The zero-order chi connectivity index (χ0) is 20.4. The minimum absolute atomic E-state index is 0.0222. The molecule has 2 fully saturated rings. The second-order valence-corrected chi connectivity index (χ2v) is 7.69. The standard InChI is InChI=1S/C22H23N3O4/c26-20(16-7-4-10-23-13-16)24-17-8-3-6-15(11-17)21(27)25-18-9-2-1-5-14(18)12-19(25)22(28)29/h3-4,6-8,10-11,13-14,18-19H,1-2,5,9,12H2,(H,24,26)(H,28,29). The predicted octanol–water partition coefficient (Wildman–Crippen LogP) is 3.19. The first-order valence-electron chi connectivity index (χ1n) is 9.91. The molecular weight excluding hydrogens is 370 g/mol. The van der Waals surface area contributed by atoms with Gasteiger partial charge in [0.15, 0.2) is 0 Å². The van der Waals surface area contributed by atoms with Crippen LogP contribution in [0.4, 0.5) is 5.69 Å². The Bertz CT molecular complexity index is 931. The van der Waals surface area contributed by atoms with Gasteiger partial charge < -0.3 is 15.3 Å². The van der Waals surface area contributed by atoms with Gasteiger partial charge in [0, 0.05) is 29.7 Å². The van der Waals surface area contributed by atoms with Crippen molar-refractivity contribution >= 4 is 23.5 Å². The van der Waals surface area contributed by atoms with Gasteiger partial charge in [0.05, 0.1) is 5.56 Å². The zero-order valence-corrected chi connectivity index (χ0v) is 16.0. The Morgan fingerprint density at radius 3 is 2.62 bits per heavy atom. The highest BCUT2D eigenvalue weighted by molar-refractivity contribution is 6.05. The number of nitrogens with zero attached hydrogens (tertiary/aromatic N) is 2. The van der Waals surface area contributed by atoms with Gasteiger partial charge in [-0.1, -0.05) is 18.9 Å². The Morgan fingerprint density at radius 2 is 1.86 bits per heavy atom. The number of benzene rings is 1. The lowest BCUT2D eigenvalue weighted by molar-refractivity contribution is -0.141. The Hall–Kier alpha value is -3.22. The summed E-state index contributed by atoms with van der Waals surface area (Å²) in [6, 6.07) is 9.18. The molecule has 2 aliphatic rings. The predicted molar refractivity (Wildman–Crippen MR) is 107 cm³/mol. The van der Waals surface area contributed by atoms with Crippen LogP contribution in [0.1, 0.15) is 52.8 Å². The van der Waals surface area contributed by atoms with Crippen LogP contribution in [0, 0.1) is 5.92 Å². The lowest BCUT2D eigenvalue weighted by atomic mass is 9.84. The SMILES string of the molecule is O=C(Nc1cccc(C(=O)N2C(C(=O)O)CC3CCCCC32)c1)c1cccnc1. The smallest absolute Gasteiger partial charge is 0.326 e. The largest absolute Gasteiger partial charge is 0.480 e. The topological polar surface area (TPSA) is 99.6 Å². The number of nitrogens with one attached hydrogen (secondary N) is 1. The average molecular weight is 393 g/mol. The van der Waals surface area contributed by atoms with E-state index in [1.165, 1.54) is 6.20 Å². The van der Waals surface area contributed by atoms with Gasteiger partial charge in [-0.15, -0.1) is 0 Å². The maximum Gasteiger partial charge on any atom is 0.326 e. The number of carbonyl (C=O) groups is 3. The van der Waals surface area contributed by atoms with Crippen LogP contribution in [0.15, 0.2) is 48.8 Å². The van der Waals surface area contributed by atoms with Gasteiger partial charge >= 0.3 is 5.97 Å². The summed E-state index contributed by atoms with van der Waals surface area (Å²) < 4.78 is 0. The van der Waals surface area contributed by atoms with E-state index in [4.69, 9.17) is 0 Å². The molecule has 150 valence electrons. The normalized spacial score (nSPS) is 23.3. The lowest BCUT2D eigenvalue weighted by Crippen LogP contribution is -2.46. The van der Waals surface area contributed by atoms with Gasteiger partial charge in [-0.25, -0.2) is 4.79 Å². The second kappa shape index (κ2) is 8.03. The van der Waals surface area contributed by atoms with Crippen LogP contribution in [0.3, 0.4) is 0 Å². The van der Waals surface area contributed by atoms with Crippen molar-refractivity contribution in [2.24, 2.45) is 5.92 Å². The number of anilines is 1. The minimum atomic E-state index is -0.950. The first kappa shape index (κ1) is 19.1. The summed E-state index contributed by atoms with van der Waals surface area (Å²) in [4.78, 5) is 42.9.